The maximum atomic E-state index is 3.53. The molecule has 1 N–H and O–H groups in total. The van der Waals surface area contributed by atoms with Crippen LogP contribution in [0.25, 0.3) is 0 Å². The third-order valence-corrected chi connectivity index (χ3v) is 2.69. The quantitative estimate of drug-likeness (QED) is 0.797. The Morgan fingerprint density at radius 3 is 1.81 bits per heavy atom. The number of hydrogen-bond donors (Lipinski definition) is 1. The standard InChI is InChI=1S/C15H25N/c1-6-12-8-13(7-2)10-14(9-12)16-11-15(3,4)5/h8-10,16H,6-7,11H2,1-5H3. The number of nitrogens with one attached hydrogen (secondary N) is 1. The summed E-state index contributed by atoms with van der Waals surface area (Å²) >= 11 is 0. The van der Waals surface area contributed by atoms with Crippen LogP contribution in [0.1, 0.15) is 45.7 Å². The van der Waals surface area contributed by atoms with Crippen LogP contribution in [-0.2, 0) is 12.8 Å². The average Bonchev–Trinajstić information content (AvgIpc) is 2.25. The minimum absolute atomic E-state index is 0.328. The third-order valence-electron chi connectivity index (χ3n) is 2.69. The fourth-order valence-corrected chi connectivity index (χ4v) is 1.64. The first-order valence-electron chi connectivity index (χ1n) is 6.31. The van der Waals surface area contributed by atoms with Crippen molar-refractivity contribution in [3.05, 3.63) is 29.3 Å². The van der Waals surface area contributed by atoms with Crippen molar-refractivity contribution in [3.63, 3.8) is 0 Å². The molecule has 0 amide bonds. The van der Waals surface area contributed by atoms with Crippen LogP contribution in [0, 0.1) is 5.41 Å². The van der Waals surface area contributed by atoms with Gasteiger partial charge in [0.25, 0.3) is 0 Å². The number of rotatable bonds is 4. The molecule has 0 aliphatic carbocycles. The molecule has 0 radical (unpaired) electrons. The van der Waals surface area contributed by atoms with Gasteiger partial charge < -0.3 is 5.32 Å². The molecule has 16 heavy (non-hydrogen) atoms. The Morgan fingerprint density at radius 1 is 0.938 bits per heavy atom. The number of anilines is 1. The van der Waals surface area contributed by atoms with E-state index in [1.807, 2.05) is 0 Å². The summed E-state index contributed by atoms with van der Waals surface area (Å²) in [6.45, 7) is 12.2. The zero-order valence-electron chi connectivity index (χ0n) is 11.4. The summed E-state index contributed by atoms with van der Waals surface area (Å²) in [4.78, 5) is 0. The second kappa shape index (κ2) is 5.38. The maximum Gasteiger partial charge on any atom is 0.0345 e. The zero-order valence-corrected chi connectivity index (χ0v) is 11.4. The molecule has 0 aromatic heterocycles. The van der Waals surface area contributed by atoms with Gasteiger partial charge in [-0.05, 0) is 41.5 Å². The van der Waals surface area contributed by atoms with E-state index in [0.717, 1.165) is 19.4 Å². The average molecular weight is 219 g/mol. The molecule has 0 heterocycles. The summed E-state index contributed by atoms with van der Waals surface area (Å²) < 4.78 is 0. The lowest BCUT2D eigenvalue weighted by molar-refractivity contribution is 0.443. The molecule has 1 heteroatoms. The molecule has 0 unspecified atom stereocenters. The summed E-state index contributed by atoms with van der Waals surface area (Å²) in [5.41, 5.74) is 4.45. The Hall–Kier alpha value is -0.980. The second-order valence-corrected chi connectivity index (χ2v) is 5.66. The summed E-state index contributed by atoms with van der Waals surface area (Å²) in [5, 5.41) is 3.53. The molecule has 0 aliphatic rings. The summed E-state index contributed by atoms with van der Waals surface area (Å²) in [5.74, 6) is 0. The topological polar surface area (TPSA) is 12.0 Å². The van der Waals surface area contributed by atoms with Gasteiger partial charge in [-0.15, -0.1) is 0 Å². The van der Waals surface area contributed by atoms with Gasteiger partial charge in [0.15, 0.2) is 0 Å². The lowest BCUT2D eigenvalue weighted by Gasteiger charge is -2.20. The maximum absolute atomic E-state index is 3.53. The highest BCUT2D eigenvalue weighted by atomic mass is 14.9. The van der Waals surface area contributed by atoms with Crippen molar-refractivity contribution < 1.29 is 0 Å². The Labute approximate surface area is 100 Å². The highest BCUT2D eigenvalue weighted by Gasteiger charge is 2.09. The van der Waals surface area contributed by atoms with E-state index in [4.69, 9.17) is 0 Å². The lowest BCUT2D eigenvalue weighted by atomic mass is 9.96. The van der Waals surface area contributed by atoms with Crippen molar-refractivity contribution in [1.82, 2.24) is 0 Å². The van der Waals surface area contributed by atoms with Crippen molar-refractivity contribution >= 4 is 5.69 Å². The minimum Gasteiger partial charge on any atom is -0.385 e. The van der Waals surface area contributed by atoms with E-state index in [9.17, 15) is 0 Å². The molecule has 0 bridgehead atoms. The van der Waals surface area contributed by atoms with Gasteiger partial charge in [0.2, 0.25) is 0 Å². The van der Waals surface area contributed by atoms with Gasteiger partial charge in [-0.2, -0.15) is 0 Å². The Balaban J connectivity index is 2.79. The van der Waals surface area contributed by atoms with E-state index < -0.39 is 0 Å². The minimum atomic E-state index is 0.328. The van der Waals surface area contributed by atoms with Gasteiger partial charge in [-0.3, -0.25) is 0 Å². The van der Waals surface area contributed by atoms with E-state index in [1.54, 1.807) is 0 Å². The molecule has 0 saturated heterocycles. The van der Waals surface area contributed by atoms with Crippen LogP contribution < -0.4 is 5.32 Å². The second-order valence-electron chi connectivity index (χ2n) is 5.66. The molecule has 0 aliphatic heterocycles. The van der Waals surface area contributed by atoms with Crippen molar-refractivity contribution in [1.29, 1.82) is 0 Å². The Morgan fingerprint density at radius 2 is 1.44 bits per heavy atom. The molecular formula is C15H25N. The largest absolute Gasteiger partial charge is 0.385 e. The molecule has 0 spiro atoms. The smallest absolute Gasteiger partial charge is 0.0345 e. The van der Waals surface area contributed by atoms with E-state index >= 15 is 0 Å². The van der Waals surface area contributed by atoms with Crippen LogP contribution in [0.4, 0.5) is 5.69 Å². The van der Waals surface area contributed by atoms with E-state index in [1.165, 1.54) is 16.8 Å². The van der Waals surface area contributed by atoms with Gasteiger partial charge in [0, 0.05) is 12.2 Å². The van der Waals surface area contributed by atoms with Crippen LogP contribution in [-0.4, -0.2) is 6.54 Å². The SMILES string of the molecule is CCc1cc(CC)cc(NCC(C)(C)C)c1. The highest BCUT2D eigenvalue weighted by Crippen LogP contribution is 2.19. The first-order chi connectivity index (χ1) is 7.44. The predicted octanol–water partition coefficient (Wildman–Crippen LogP) is 4.27. The predicted molar refractivity (Wildman–Crippen MR) is 73.1 cm³/mol. The van der Waals surface area contributed by atoms with Crippen molar-refractivity contribution in [2.45, 2.75) is 47.5 Å². The molecule has 1 aromatic rings. The Bertz CT molecular complexity index is 312. The van der Waals surface area contributed by atoms with Gasteiger partial charge in [0.05, 0.1) is 0 Å². The van der Waals surface area contributed by atoms with Gasteiger partial charge in [-0.25, -0.2) is 0 Å². The number of benzene rings is 1. The Kier molecular flexibility index (Phi) is 4.40. The molecule has 90 valence electrons. The van der Waals surface area contributed by atoms with Crippen LogP contribution in [0.5, 0.6) is 0 Å². The first kappa shape index (κ1) is 13.1. The van der Waals surface area contributed by atoms with E-state index in [-0.39, 0.29) is 0 Å². The first-order valence-corrected chi connectivity index (χ1v) is 6.31. The van der Waals surface area contributed by atoms with Crippen LogP contribution in [0.15, 0.2) is 18.2 Å². The fourth-order valence-electron chi connectivity index (χ4n) is 1.64. The summed E-state index contributed by atoms with van der Waals surface area (Å²) in [6, 6.07) is 6.85. The molecule has 1 rings (SSSR count). The van der Waals surface area contributed by atoms with Crippen molar-refractivity contribution in [2.75, 3.05) is 11.9 Å². The molecule has 0 fully saturated rings. The monoisotopic (exact) mass is 219 g/mol. The van der Waals surface area contributed by atoms with Crippen LogP contribution in [0.2, 0.25) is 0 Å². The van der Waals surface area contributed by atoms with Gasteiger partial charge in [-0.1, -0.05) is 40.7 Å². The molecule has 0 atom stereocenters. The van der Waals surface area contributed by atoms with Crippen molar-refractivity contribution in [2.24, 2.45) is 5.41 Å². The molecule has 0 saturated carbocycles. The van der Waals surface area contributed by atoms with Gasteiger partial charge >= 0.3 is 0 Å². The summed E-state index contributed by atoms with van der Waals surface area (Å²) in [6.07, 6.45) is 2.22. The summed E-state index contributed by atoms with van der Waals surface area (Å²) in [7, 11) is 0. The molecule has 1 nitrogen and oxygen atoms in total. The van der Waals surface area contributed by atoms with Crippen molar-refractivity contribution in [3.8, 4) is 0 Å². The van der Waals surface area contributed by atoms with Gasteiger partial charge in [0.1, 0.15) is 0 Å². The molecular weight excluding hydrogens is 194 g/mol. The van der Waals surface area contributed by atoms with Crippen LogP contribution >= 0.6 is 0 Å². The number of aryl methyl sites for hydroxylation is 2. The third kappa shape index (κ3) is 4.26. The van der Waals surface area contributed by atoms with E-state index in [0.29, 0.717) is 5.41 Å². The fraction of sp³-hybridized carbons (Fsp3) is 0.600. The normalized spacial score (nSPS) is 11.6. The molecule has 1 aromatic carbocycles. The lowest BCUT2D eigenvalue weighted by Crippen LogP contribution is -2.19. The zero-order chi connectivity index (χ0) is 12.2. The van der Waals surface area contributed by atoms with Crippen LogP contribution in [0.3, 0.4) is 0 Å². The number of hydrogen-bond acceptors (Lipinski definition) is 1. The van der Waals surface area contributed by atoms with E-state index in [2.05, 4.69) is 58.1 Å². The highest BCUT2D eigenvalue weighted by molar-refractivity contribution is 5.49.